The van der Waals surface area contributed by atoms with Crippen molar-refractivity contribution in [1.29, 1.82) is 0 Å². The highest BCUT2D eigenvalue weighted by Crippen LogP contribution is 2.34. The molecule has 1 aliphatic heterocycles. The lowest BCUT2D eigenvalue weighted by atomic mass is 9.96. The van der Waals surface area contributed by atoms with Gasteiger partial charge in [0.1, 0.15) is 0 Å². The molecule has 0 saturated carbocycles. The van der Waals surface area contributed by atoms with Gasteiger partial charge in [0, 0.05) is 17.0 Å². The second-order valence-electron chi connectivity index (χ2n) is 10.1. The number of rotatable bonds is 12. The number of hydrogen-bond donors (Lipinski definition) is 0. The van der Waals surface area contributed by atoms with Crippen molar-refractivity contribution in [1.82, 2.24) is 0 Å². The summed E-state index contributed by atoms with van der Waals surface area (Å²) in [6.45, 7) is 5.15. The second kappa shape index (κ2) is 13.8. The molecule has 1 fully saturated rings. The molecule has 0 N–H and O–H groups in total. The Hall–Kier alpha value is -3.06. The quantitative estimate of drug-likeness (QED) is 0.168. The lowest BCUT2D eigenvalue weighted by molar-refractivity contribution is -0.0317. The molecule has 0 aliphatic carbocycles. The van der Waals surface area contributed by atoms with E-state index in [4.69, 9.17) is 14.2 Å². The molecule has 7 heteroatoms. The Balaban J connectivity index is 1.39. The second-order valence-corrected chi connectivity index (χ2v) is 10.1. The third-order valence-corrected chi connectivity index (χ3v) is 7.13. The maximum absolute atomic E-state index is 15.0. The Kier molecular flexibility index (Phi) is 10.3. The lowest BCUT2D eigenvalue weighted by Gasteiger charge is -2.29. The monoisotopic (exact) mass is 544 g/mol. The first-order valence-corrected chi connectivity index (χ1v) is 13.9. The lowest BCUT2D eigenvalue weighted by Crippen LogP contribution is -2.29. The van der Waals surface area contributed by atoms with Crippen LogP contribution in [0.4, 0.5) is 17.6 Å². The van der Waals surface area contributed by atoms with Crippen molar-refractivity contribution in [3.8, 4) is 33.8 Å². The van der Waals surface area contributed by atoms with Crippen LogP contribution in [0.5, 0.6) is 11.5 Å². The molecule has 3 aromatic rings. The highest BCUT2D eigenvalue weighted by molar-refractivity contribution is 5.72. The Labute approximate surface area is 228 Å². The van der Waals surface area contributed by atoms with E-state index < -0.39 is 23.3 Å². The molecule has 3 nitrogen and oxygen atoms in total. The van der Waals surface area contributed by atoms with E-state index in [2.05, 4.69) is 6.92 Å². The van der Waals surface area contributed by atoms with E-state index >= 15 is 0 Å². The fraction of sp³-hybridized carbons (Fsp3) is 0.438. The Morgan fingerprint density at radius 3 is 1.79 bits per heavy atom. The minimum atomic E-state index is -1.06. The molecule has 1 heterocycles. The van der Waals surface area contributed by atoms with Gasteiger partial charge in [0.25, 0.3) is 0 Å². The van der Waals surface area contributed by atoms with E-state index in [0.717, 1.165) is 19.3 Å². The zero-order valence-corrected chi connectivity index (χ0v) is 22.6. The minimum Gasteiger partial charge on any atom is -0.490 e. The first kappa shape index (κ1) is 28.9. The molecule has 2 unspecified atom stereocenters. The largest absolute Gasteiger partial charge is 0.490 e. The molecule has 0 bridgehead atoms. The highest BCUT2D eigenvalue weighted by Gasteiger charge is 2.23. The van der Waals surface area contributed by atoms with E-state index in [9.17, 15) is 17.6 Å². The van der Waals surface area contributed by atoms with Crippen molar-refractivity contribution in [2.45, 2.75) is 64.9 Å². The summed E-state index contributed by atoms with van der Waals surface area (Å²) in [4.78, 5) is 0. The van der Waals surface area contributed by atoms with E-state index in [0.29, 0.717) is 24.2 Å². The van der Waals surface area contributed by atoms with Crippen molar-refractivity contribution in [2.24, 2.45) is 5.92 Å². The van der Waals surface area contributed by atoms with Crippen LogP contribution >= 0.6 is 0 Å². The van der Waals surface area contributed by atoms with Gasteiger partial charge in [0.2, 0.25) is 11.6 Å². The van der Waals surface area contributed by atoms with Crippen LogP contribution in [0.2, 0.25) is 0 Å². The van der Waals surface area contributed by atoms with Gasteiger partial charge in [0.15, 0.2) is 23.1 Å². The standard InChI is InChI=1S/C32H36F4O3/c1-3-5-6-7-24-13-8-21(19-38-24)20-39-28-17-15-26(30(34)32(28)36)23-11-9-22(10-12-23)25-14-16-27(37-18-4-2)31(35)29(25)33/h9-12,14-17,21,24H,3-8,13,18-20H2,1-2H3. The van der Waals surface area contributed by atoms with Gasteiger partial charge in [-0.15, -0.1) is 0 Å². The summed E-state index contributed by atoms with van der Waals surface area (Å²) in [7, 11) is 0. The summed E-state index contributed by atoms with van der Waals surface area (Å²) in [5.41, 5.74) is 0.912. The summed E-state index contributed by atoms with van der Waals surface area (Å²) in [5, 5.41) is 0. The number of unbranched alkanes of at least 4 members (excludes halogenated alkanes) is 2. The van der Waals surface area contributed by atoms with Crippen LogP contribution in [-0.2, 0) is 4.74 Å². The molecule has 39 heavy (non-hydrogen) atoms. The van der Waals surface area contributed by atoms with Crippen molar-refractivity contribution in [3.05, 3.63) is 71.8 Å². The average Bonchev–Trinajstić information content (AvgIpc) is 2.96. The van der Waals surface area contributed by atoms with E-state index in [-0.39, 0.29) is 47.9 Å². The molecule has 0 radical (unpaired) electrons. The van der Waals surface area contributed by atoms with Crippen LogP contribution in [0.15, 0.2) is 48.5 Å². The Morgan fingerprint density at radius 1 is 0.692 bits per heavy atom. The van der Waals surface area contributed by atoms with Gasteiger partial charge in [-0.1, -0.05) is 57.4 Å². The first-order valence-electron chi connectivity index (χ1n) is 13.9. The number of halogens is 4. The molecule has 210 valence electrons. The van der Waals surface area contributed by atoms with E-state index in [1.165, 1.54) is 43.5 Å². The van der Waals surface area contributed by atoms with Gasteiger partial charge in [0.05, 0.1) is 25.9 Å². The molecule has 0 amide bonds. The van der Waals surface area contributed by atoms with Gasteiger partial charge in [-0.2, -0.15) is 8.78 Å². The predicted octanol–water partition coefficient (Wildman–Crippen LogP) is 9.12. The zero-order chi connectivity index (χ0) is 27.8. The maximum atomic E-state index is 15.0. The summed E-state index contributed by atoms with van der Waals surface area (Å²) in [6, 6.07) is 11.9. The maximum Gasteiger partial charge on any atom is 0.201 e. The fourth-order valence-electron chi connectivity index (χ4n) is 4.82. The van der Waals surface area contributed by atoms with Gasteiger partial charge >= 0.3 is 0 Å². The molecule has 0 spiro atoms. The minimum absolute atomic E-state index is 0.0530. The van der Waals surface area contributed by atoms with Gasteiger partial charge in [-0.05, 0) is 61.1 Å². The van der Waals surface area contributed by atoms with E-state index in [1.807, 2.05) is 6.92 Å². The third-order valence-electron chi connectivity index (χ3n) is 7.13. The topological polar surface area (TPSA) is 27.7 Å². The van der Waals surface area contributed by atoms with Crippen LogP contribution in [0.1, 0.15) is 58.8 Å². The third kappa shape index (κ3) is 7.13. The molecule has 0 aromatic heterocycles. The smallest absolute Gasteiger partial charge is 0.201 e. The van der Waals surface area contributed by atoms with E-state index in [1.54, 1.807) is 24.3 Å². The zero-order valence-electron chi connectivity index (χ0n) is 22.6. The predicted molar refractivity (Wildman–Crippen MR) is 145 cm³/mol. The summed E-state index contributed by atoms with van der Waals surface area (Å²) in [5.74, 6) is -4.30. The van der Waals surface area contributed by atoms with Crippen LogP contribution in [-0.4, -0.2) is 25.9 Å². The molecule has 3 aromatic carbocycles. The van der Waals surface area contributed by atoms with Crippen molar-refractivity contribution >= 4 is 0 Å². The molecular formula is C32H36F4O3. The normalized spacial score (nSPS) is 17.3. The molecule has 4 rings (SSSR count). The van der Waals surface area contributed by atoms with Crippen LogP contribution in [0, 0.1) is 29.2 Å². The number of ether oxygens (including phenoxy) is 3. The average molecular weight is 545 g/mol. The SMILES string of the molecule is CCCCCC1CCC(COc2ccc(-c3ccc(-c4ccc(OCCC)c(F)c4F)cc3)c(F)c2F)CO1. The van der Waals surface area contributed by atoms with Gasteiger partial charge in [-0.3, -0.25) is 0 Å². The molecule has 1 aliphatic rings. The first-order chi connectivity index (χ1) is 18.9. The molecule has 1 saturated heterocycles. The molecular weight excluding hydrogens is 508 g/mol. The summed E-state index contributed by atoms with van der Waals surface area (Å²) >= 11 is 0. The molecule has 2 atom stereocenters. The van der Waals surface area contributed by atoms with Crippen LogP contribution < -0.4 is 9.47 Å². The van der Waals surface area contributed by atoms with Gasteiger partial charge < -0.3 is 14.2 Å². The van der Waals surface area contributed by atoms with Crippen molar-refractivity contribution < 1.29 is 31.8 Å². The Morgan fingerprint density at radius 2 is 1.28 bits per heavy atom. The van der Waals surface area contributed by atoms with Crippen molar-refractivity contribution in [2.75, 3.05) is 19.8 Å². The fourth-order valence-corrected chi connectivity index (χ4v) is 4.82. The number of hydrogen-bond acceptors (Lipinski definition) is 3. The van der Waals surface area contributed by atoms with Crippen LogP contribution in [0.25, 0.3) is 22.3 Å². The summed E-state index contributed by atoms with van der Waals surface area (Å²) < 4.78 is 75.7. The number of benzene rings is 3. The summed E-state index contributed by atoms with van der Waals surface area (Å²) in [6.07, 6.45) is 7.46. The highest BCUT2D eigenvalue weighted by atomic mass is 19.2. The van der Waals surface area contributed by atoms with Crippen LogP contribution in [0.3, 0.4) is 0 Å². The van der Waals surface area contributed by atoms with Gasteiger partial charge in [-0.25, -0.2) is 8.78 Å². The Bertz CT molecular complexity index is 1220. The van der Waals surface area contributed by atoms with Crippen molar-refractivity contribution in [3.63, 3.8) is 0 Å².